The van der Waals surface area contributed by atoms with Crippen LogP contribution in [0.25, 0.3) is 0 Å². The fraction of sp³-hybridized carbons (Fsp3) is 0.167. The van der Waals surface area contributed by atoms with Gasteiger partial charge in [0.15, 0.2) is 0 Å². The van der Waals surface area contributed by atoms with Crippen molar-refractivity contribution in [3.63, 3.8) is 0 Å². The van der Waals surface area contributed by atoms with Gasteiger partial charge in [0.05, 0.1) is 55.1 Å². The summed E-state index contributed by atoms with van der Waals surface area (Å²) in [6.07, 6.45) is 0. The average molecular weight is 510 g/mol. The number of benzene rings is 2. The molecule has 0 bridgehead atoms. The number of nitrogens with zero attached hydrogens (tertiary/aromatic N) is 3. The minimum Gasteiger partial charge on any atom is -0.466 e. The molecular formula is C24H19FN4O8. The molecule has 1 heterocycles. The number of allylic oxidation sites excluding steroid dienone is 1. The van der Waals surface area contributed by atoms with Gasteiger partial charge in [0.1, 0.15) is 17.1 Å². The minimum absolute atomic E-state index is 0.256. The summed E-state index contributed by atoms with van der Waals surface area (Å²) in [5, 5.41) is 21.4. The lowest BCUT2D eigenvalue weighted by atomic mass is 9.80. The molecule has 0 amide bonds. The van der Waals surface area contributed by atoms with Crippen LogP contribution in [0, 0.1) is 27.3 Å². The van der Waals surface area contributed by atoms with E-state index in [1.165, 1.54) is 0 Å². The molecule has 0 aromatic heterocycles. The molecule has 1 aliphatic rings. The van der Waals surface area contributed by atoms with Gasteiger partial charge >= 0.3 is 23.6 Å². The second-order valence-corrected chi connectivity index (χ2v) is 7.38. The zero-order valence-corrected chi connectivity index (χ0v) is 19.7. The molecule has 2 aromatic carbocycles. The van der Waals surface area contributed by atoms with E-state index in [-0.39, 0.29) is 5.57 Å². The minimum atomic E-state index is -1.59. The third-order valence-electron chi connectivity index (χ3n) is 5.54. The van der Waals surface area contributed by atoms with E-state index >= 15 is 4.39 Å². The first-order valence-electron chi connectivity index (χ1n) is 10.3. The van der Waals surface area contributed by atoms with E-state index < -0.39 is 68.6 Å². The van der Waals surface area contributed by atoms with E-state index in [1.54, 1.807) is 30.3 Å². The number of carbonyl (C=O) groups excluding carboxylic acids is 3. The number of rotatable bonds is 6. The molecule has 190 valence electrons. The van der Waals surface area contributed by atoms with Crippen molar-refractivity contribution in [2.75, 3.05) is 26.2 Å². The number of ether oxygens (including phenoxy) is 3. The van der Waals surface area contributed by atoms with Crippen LogP contribution in [0.4, 0.5) is 15.8 Å². The van der Waals surface area contributed by atoms with Crippen LogP contribution in [-0.4, -0.2) is 44.2 Å². The van der Waals surface area contributed by atoms with Crippen molar-refractivity contribution in [3.05, 3.63) is 92.2 Å². The van der Waals surface area contributed by atoms with Crippen LogP contribution in [0.1, 0.15) is 21.8 Å². The van der Waals surface area contributed by atoms with Gasteiger partial charge in [0, 0.05) is 6.07 Å². The van der Waals surface area contributed by atoms with E-state index in [0.717, 1.165) is 38.4 Å². The fourth-order valence-electron chi connectivity index (χ4n) is 3.94. The molecule has 0 fully saturated rings. The van der Waals surface area contributed by atoms with Crippen molar-refractivity contribution in [1.29, 1.82) is 5.26 Å². The maximum Gasteiger partial charge on any atom is 0.355 e. The summed E-state index contributed by atoms with van der Waals surface area (Å²) in [4.78, 5) is 49.7. The number of esters is 3. The third-order valence-corrected chi connectivity index (χ3v) is 5.54. The lowest BCUT2D eigenvalue weighted by Gasteiger charge is -2.36. The molecule has 1 unspecified atom stereocenters. The van der Waals surface area contributed by atoms with E-state index in [9.17, 15) is 29.8 Å². The third kappa shape index (κ3) is 4.43. The van der Waals surface area contributed by atoms with Crippen molar-refractivity contribution < 1.29 is 37.9 Å². The number of nitro benzene ring substituents is 1. The predicted molar refractivity (Wildman–Crippen MR) is 124 cm³/mol. The zero-order chi connectivity index (χ0) is 27.4. The monoisotopic (exact) mass is 510 g/mol. The second-order valence-electron chi connectivity index (χ2n) is 7.38. The summed E-state index contributed by atoms with van der Waals surface area (Å²) in [5.41, 5.74) is 2.89. The Hall–Kier alpha value is -5.25. The molecular weight excluding hydrogens is 491 g/mol. The highest BCUT2D eigenvalue weighted by Crippen LogP contribution is 2.44. The SMILES string of the molecule is COC(=O)C1=C(C(=O)OC)N(c2ccc([N+](=O)[O-])c(F)c2C(=O)OC)C(N)=C(C#N)C1c1ccccc1. The molecule has 1 atom stereocenters. The molecule has 2 aromatic rings. The largest absolute Gasteiger partial charge is 0.466 e. The summed E-state index contributed by atoms with van der Waals surface area (Å²) in [5.74, 6) is -6.83. The number of carbonyl (C=O) groups is 3. The molecule has 12 nitrogen and oxygen atoms in total. The van der Waals surface area contributed by atoms with Gasteiger partial charge in [-0.2, -0.15) is 9.65 Å². The summed E-state index contributed by atoms with van der Waals surface area (Å²) in [6.45, 7) is 0. The molecule has 37 heavy (non-hydrogen) atoms. The molecule has 0 saturated heterocycles. The summed E-state index contributed by atoms with van der Waals surface area (Å²) in [6, 6.07) is 11.6. The maximum absolute atomic E-state index is 15.2. The van der Waals surface area contributed by atoms with Crippen molar-refractivity contribution in [2.45, 2.75) is 5.92 Å². The molecule has 0 saturated carbocycles. The van der Waals surface area contributed by atoms with Gasteiger partial charge in [-0.3, -0.25) is 15.0 Å². The number of methoxy groups -OCH3 is 3. The summed E-state index contributed by atoms with van der Waals surface area (Å²) < 4.78 is 29.6. The lowest BCUT2D eigenvalue weighted by Crippen LogP contribution is -2.41. The Kier molecular flexibility index (Phi) is 7.53. The number of hydrogen-bond donors (Lipinski definition) is 1. The molecule has 13 heteroatoms. The van der Waals surface area contributed by atoms with Gasteiger partial charge in [-0.25, -0.2) is 14.4 Å². The number of nitriles is 1. The van der Waals surface area contributed by atoms with Crippen molar-refractivity contribution in [3.8, 4) is 6.07 Å². The molecule has 0 radical (unpaired) electrons. The van der Waals surface area contributed by atoms with Gasteiger partial charge in [-0.15, -0.1) is 0 Å². The first-order valence-corrected chi connectivity index (χ1v) is 10.3. The maximum atomic E-state index is 15.2. The van der Waals surface area contributed by atoms with Crippen molar-refractivity contribution >= 4 is 29.3 Å². The van der Waals surface area contributed by atoms with Crippen molar-refractivity contribution in [1.82, 2.24) is 0 Å². The van der Waals surface area contributed by atoms with Gasteiger partial charge in [-0.05, 0) is 11.6 Å². The Morgan fingerprint density at radius 2 is 1.62 bits per heavy atom. The average Bonchev–Trinajstić information content (AvgIpc) is 2.91. The Balaban J connectivity index is 2.53. The number of halogens is 1. The fourth-order valence-corrected chi connectivity index (χ4v) is 3.94. The topological polar surface area (TPSA) is 175 Å². The van der Waals surface area contributed by atoms with Gasteiger partial charge in [-0.1, -0.05) is 30.3 Å². The Morgan fingerprint density at radius 1 is 1.03 bits per heavy atom. The number of nitrogens with two attached hydrogens (primary N) is 1. The van der Waals surface area contributed by atoms with Gasteiger partial charge in [0.2, 0.25) is 5.82 Å². The Morgan fingerprint density at radius 3 is 2.14 bits per heavy atom. The van der Waals surface area contributed by atoms with E-state index in [0.29, 0.717) is 5.56 Å². The molecule has 0 aliphatic carbocycles. The molecule has 3 rings (SSSR count). The van der Waals surface area contributed by atoms with Crippen LogP contribution in [0.3, 0.4) is 0 Å². The van der Waals surface area contributed by atoms with Crippen LogP contribution in [-0.2, 0) is 23.8 Å². The Labute approximate surface area is 209 Å². The Bertz CT molecular complexity index is 1410. The summed E-state index contributed by atoms with van der Waals surface area (Å²) >= 11 is 0. The van der Waals surface area contributed by atoms with Gasteiger partial charge in [0.25, 0.3) is 0 Å². The van der Waals surface area contributed by atoms with E-state index in [2.05, 4.69) is 4.74 Å². The van der Waals surface area contributed by atoms with E-state index in [4.69, 9.17) is 15.2 Å². The number of anilines is 1. The first kappa shape index (κ1) is 26.4. The molecule has 2 N–H and O–H groups in total. The number of hydrogen-bond acceptors (Lipinski definition) is 11. The molecule has 0 spiro atoms. The van der Waals surface area contributed by atoms with E-state index in [1.807, 2.05) is 6.07 Å². The van der Waals surface area contributed by atoms with Crippen LogP contribution in [0.15, 0.2) is 65.1 Å². The standard InChI is InChI=1S/C24H19FN4O8/c1-35-22(30)17-14(9-10-15(19(17)25)29(33)34)28-20(24(32)37-3)18(23(31)36-2)16(13(11-26)21(28)27)12-7-5-4-6-8-12/h4-10,16H,27H2,1-3H3. The highest BCUT2D eigenvalue weighted by Gasteiger charge is 2.44. The highest BCUT2D eigenvalue weighted by atomic mass is 19.1. The van der Waals surface area contributed by atoms with Crippen LogP contribution in [0.2, 0.25) is 0 Å². The van der Waals surface area contributed by atoms with Crippen LogP contribution in [0.5, 0.6) is 0 Å². The summed E-state index contributed by atoms with van der Waals surface area (Å²) in [7, 11) is 2.94. The highest BCUT2D eigenvalue weighted by molar-refractivity contribution is 6.08. The predicted octanol–water partition coefficient (Wildman–Crippen LogP) is 2.42. The normalized spacial score (nSPS) is 15.1. The van der Waals surface area contributed by atoms with Gasteiger partial charge < -0.3 is 19.9 Å². The quantitative estimate of drug-likeness (QED) is 0.261. The van der Waals surface area contributed by atoms with Crippen LogP contribution < -0.4 is 10.6 Å². The second kappa shape index (κ2) is 10.6. The van der Waals surface area contributed by atoms with Crippen molar-refractivity contribution in [2.24, 2.45) is 5.73 Å². The lowest BCUT2D eigenvalue weighted by molar-refractivity contribution is -0.387. The molecule has 1 aliphatic heterocycles. The first-order chi connectivity index (χ1) is 17.6. The zero-order valence-electron chi connectivity index (χ0n) is 19.7. The number of nitro groups is 1. The van der Waals surface area contributed by atoms with Crippen LogP contribution >= 0.6 is 0 Å². The smallest absolute Gasteiger partial charge is 0.355 e.